The Morgan fingerprint density at radius 1 is 1.15 bits per heavy atom. The lowest BCUT2D eigenvalue weighted by Gasteiger charge is -2.42. The number of hydrogen-bond donors (Lipinski definition) is 2. The molecule has 0 bridgehead atoms. The summed E-state index contributed by atoms with van der Waals surface area (Å²) in [6.07, 6.45) is 0.626. The van der Waals surface area contributed by atoms with Crippen LogP contribution in [0.1, 0.15) is 28.8 Å². The second kappa shape index (κ2) is 5.70. The molecular formula is C18H20N4O4. The molecule has 0 aromatic heterocycles. The zero-order chi connectivity index (χ0) is 17.8. The number of carbonyl (C=O) groups excluding carboxylic acids is 3. The first-order valence-corrected chi connectivity index (χ1v) is 9.04. The second-order valence-electron chi connectivity index (χ2n) is 7.20. The lowest BCUT2D eigenvalue weighted by Crippen LogP contribution is -2.55. The van der Waals surface area contributed by atoms with Crippen molar-refractivity contribution in [3.8, 4) is 5.75 Å². The first-order valence-electron chi connectivity index (χ1n) is 9.04. The second-order valence-corrected chi connectivity index (χ2v) is 7.20. The fourth-order valence-electron chi connectivity index (χ4n) is 4.39. The molecule has 5 rings (SSSR count). The molecule has 1 aromatic carbocycles. The van der Waals surface area contributed by atoms with Crippen molar-refractivity contribution in [1.29, 1.82) is 0 Å². The molecule has 8 heteroatoms. The van der Waals surface area contributed by atoms with Crippen LogP contribution in [-0.2, 0) is 16.1 Å². The Labute approximate surface area is 150 Å². The molecule has 2 saturated heterocycles. The summed E-state index contributed by atoms with van der Waals surface area (Å²) in [7, 11) is 0. The van der Waals surface area contributed by atoms with Crippen molar-refractivity contribution < 1.29 is 19.1 Å². The molecule has 4 heterocycles. The summed E-state index contributed by atoms with van der Waals surface area (Å²) in [5, 5.41) is 5.71. The number of fused-ring (bicyclic) bond motifs is 5. The Morgan fingerprint density at radius 2 is 2.04 bits per heavy atom. The average Bonchev–Trinajstić information content (AvgIpc) is 2.98. The Bertz CT molecular complexity index is 824. The number of hydrogen-bond acceptors (Lipinski definition) is 6. The predicted octanol–water partition coefficient (Wildman–Crippen LogP) is -0.382. The highest BCUT2D eigenvalue weighted by Gasteiger charge is 2.42. The quantitative estimate of drug-likeness (QED) is 0.667. The van der Waals surface area contributed by atoms with Gasteiger partial charge < -0.3 is 19.9 Å². The molecule has 8 nitrogen and oxygen atoms in total. The lowest BCUT2D eigenvalue weighted by atomic mass is 10.0. The molecule has 1 aromatic rings. The van der Waals surface area contributed by atoms with Crippen molar-refractivity contribution in [1.82, 2.24) is 15.5 Å². The van der Waals surface area contributed by atoms with Crippen molar-refractivity contribution in [3.05, 3.63) is 23.3 Å². The maximum Gasteiger partial charge on any atom is 0.255 e. The molecule has 2 atom stereocenters. The van der Waals surface area contributed by atoms with Crippen molar-refractivity contribution in [3.63, 3.8) is 0 Å². The topological polar surface area (TPSA) is 91.0 Å². The molecule has 136 valence electrons. The van der Waals surface area contributed by atoms with Crippen LogP contribution < -0.4 is 20.3 Å². The number of piperazine rings is 1. The van der Waals surface area contributed by atoms with Gasteiger partial charge in [-0.2, -0.15) is 0 Å². The summed E-state index contributed by atoms with van der Waals surface area (Å²) < 4.78 is 6.05. The summed E-state index contributed by atoms with van der Waals surface area (Å²) in [4.78, 5) is 40.4. The number of benzene rings is 1. The third-order valence-electron chi connectivity index (χ3n) is 5.73. The molecule has 1 unspecified atom stereocenters. The van der Waals surface area contributed by atoms with E-state index in [1.54, 1.807) is 4.90 Å². The summed E-state index contributed by atoms with van der Waals surface area (Å²) >= 11 is 0. The maximum atomic E-state index is 12.9. The highest BCUT2D eigenvalue weighted by atomic mass is 16.5. The van der Waals surface area contributed by atoms with E-state index in [2.05, 4.69) is 15.5 Å². The van der Waals surface area contributed by atoms with Gasteiger partial charge >= 0.3 is 0 Å². The van der Waals surface area contributed by atoms with Gasteiger partial charge in [-0.25, -0.2) is 0 Å². The molecule has 0 aliphatic carbocycles. The molecule has 2 N–H and O–H groups in total. The Kier molecular flexibility index (Phi) is 3.43. The minimum absolute atomic E-state index is 0.164. The Hall–Kier alpha value is -2.61. The summed E-state index contributed by atoms with van der Waals surface area (Å²) in [6, 6.07) is 3.50. The van der Waals surface area contributed by atoms with Crippen LogP contribution >= 0.6 is 0 Å². The standard InChI is InChI=1S/C18H20N4O4/c23-15-4-3-14(17(24)20-15)22-8-12-11(18(22)25)1-2-13-16(12)26-9-10-7-19-5-6-21(10)13/h1-2,10,14,19H,3-9H2,(H,20,23,24)/t10?,14-/m1/s1. The fourth-order valence-corrected chi connectivity index (χ4v) is 4.39. The van der Waals surface area contributed by atoms with E-state index >= 15 is 0 Å². The van der Waals surface area contributed by atoms with Crippen LogP contribution in [0, 0.1) is 0 Å². The number of amides is 3. The number of nitrogens with one attached hydrogen (secondary N) is 2. The van der Waals surface area contributed by atoms with Crippen LogP contribution in [0.2, 0.25) is 0 Å². The van der Waals surface area contributed by atoms with Crippen LogP contribution in [0.3, 0.4) is 0 Å². The first-order chi connectivity index (χ1) is 12.6. The van der Waals surface area contributed by atoms with Crippen LogP contribution in [0.5, 0.6) is 5.75 Å². The van der Waals surface area contributed by atoms with Gasteiger partial charge in [0.1, 0.15) is 18.4 Å². The largest absolute Gasteiger partial charge is 0.489 e. The van der Waals surface area contributed by atoms with Crippen molar-refractivity contribution in [2.24, 2.45) is 0 Å². The SMILES string of the molecule is O=C1CC[C@@H](N2Cc3c(ccc4c3OCC3CNCCN43)C2=O)C(=O)N1. The third kappa shape index (κ3) is 2.21. The van der Waals surface area contributed by atoms with E-state index in [0.29, 0.717) is 31.2 Å². The van der Waals surface area contributed by atoms with Gasteiger partial charge in [-0.15, -0.1) is 0 Å². The van der Waals surface area contributed by atoms with Gasteiger partial charge in [-0.1, -0.05) is 0 Å². The van der Waals surface area contributed by atoms with Crippen LogP contribution in [-0.4, -0.2) is 60.9 Å². The zero-order valence-electron chi connectivity index (χ0n) is 14.3. The third-order valence-corrected chi connectivity index (χ3v) is 5.73. The van der Waals surface area contributed by atoms with E-state index < -0.39 is 6.04 Å². The molecule has 0 saturated carbocycles. The van der Waals surface area contributed by atoms with Gasteiger partial charge in [0.15, 0.2) is 0 Å². The number of carbonyl (C=O) groups is 3. The summed E-state index contributed by atoms with van der Waals surface area (Å²) in [5.74, 6) is -0.0626. The number of ether oxygens (including phenoxy) is 1. The van der Waals surface area contributed by atoms with Crippen molar-refractivity contribution >= 4 is 23.4 Å². The van der Waals surface area contributed by atoms with Gasteiger partial charge in [0.2, 0.25) is 11.8 Å². The van der Waals surface area contributed by atoms with Gasteiger partial charge in [-0.05, 0) is 18.6 Å². The van der Waals surface area contributed by atoms with E-state index in [0.717, 1.165) is 36.6 Å². The minimum atomic E-state index is -0.598. The van der Waals surface area contributed by atoms with Gasteiger partial charge in [0.05, 0.1) is 18.3 Å². The maximum absolute atomic E-state index is 12.9. The number of nitrogens with zero attached hydrogens (tertiary/aromatic N) is 2. The smallest absolute Gasteiger partial charge is 0.255 e. The minimum Gasteiger partial charge on any atom is -0.489 e. The van der Waals surface area contributed by atoms with E-state index in [1.165, 1.54) is 0 Å². The van der Waals surface area contributed by atoms with E-state index in [1.807, 2.05) is 12.1 Å². The molecule has 3 amide bonds. The van der Waals surface area contributed by atoms with Crippen molar-refractivity contribution in [2.45, 2.75) is 31.5 Å². The predicted molar refractivity (Wildman–Crippen MR) is 92.0 cm³/mol. The molecule has 0 radical (unpaired) electrons. The monoisotopic (exact) mass is 356 g/mol. The molecule has 4 aliphatic heterocycles. The molecular weight excluding hydrogens is 336 g/mol. The highest BCUT2D eigenvalue weighted by Crippen LogP contribution is 2.43. The summed E-state index contributed by atoms with van der Waals surface area (Å²) in [6.45, 7) is 3.65. The molecule has 2 fully saturated rings. The van der Waals surface area contributed by atoms with Crippen LogP contribution in [0.15, 0.2) is 12.1 Å². The number of rotatable bonds is 1. The zero-order valence-corrected chi connectivity index (χ0v) is 14.3. The van der Waals surface area contributed by atoms with Crippen LogP contribution in [0.4, 0.5) is 5.69 Å². The molecule has 0 spiro atoms. The Morgan fingerprint density at radius 3 is 2.88 bits per heavy atom. The van der Waals surface area contributed by atoms with Gasteiger partial charge in [0, 0.05) is 37.2 Å². The molecule has 4 aliphatic rings. The normalized spacial score (nSPS) is 27.5. The van der Waals surface area contributed by atoms with E-state index in [9.17, 15) is 14.4 Å². The van der Waals surface area contributed by atoms with Crippen molar-refractivity contribution in [2.75, 3.05) is 31.1 Å². The fraction of sp³-hybridized carbons (Fsp3) is 0.500. The number of imide groups is 1. The van der Waals surface area contributed by atoms with E-state index in [-0.39, 0.29) is 24.1 Å². The average molecular weight is 356 g/mol. The summed E-state index contributed by atoms with van der Waals surface area (Å²) in [5.41, 5.74) is 2.48. The van der Waals surface area contributed by atoms with Gasteiger partial charge in [0.25, 0.3) is 5.91 Å². The van der Waals surface area contributed by atoms with Crippen LogP contribution in [0.25, 0.3) is 0 Å². The molecule has 26 heavy (non-hydrogen) atoms. The highest BCUT2D eigenvalue weighted by molar-refractivity contribution is 6.06. The Balaban J connectivity index is 1.48. The van der Waals surface area contributed by atoms with E-state index in [4.69, 9.17) is 4.74 Å². The first kappa shape index (κ1) is 15.6. The van der Waals surface area contributed by atoms with Gasteiger partial charge in [-0.3, -0.25) is 19.7 Å². The number of piperidine rings is 1. The lowest BCUT2D eigenvalue weighted by molar-refractivity contribution is -0.136. The number of anilines is 1.